The van der Waals surface area contributed by atoms with E-state index < -0.39 is 0 Å². The first-order valence-electron chi connectivity index (χ1n) is 6.96. The van der Waals surface area contributed by atoms with Crippen molar-refractivity contribution in [2.24, 2.45) is 0 Å². The lowest BCUT2D eigenvalue weighted by Gasteiger charge is -2.15. The van der Waals surface area contributed by atoms with E-state index in [1.54, 1.807) is 35.5 Å². The molecule has 2 aromatic rings. The number of hydrogen-bond donors (Lipinski definition) is 1. The van der Waals surface area contributed by atoms with Crippen LogP contribution in [-0.2, 0) is 6.54 Å². The maximum absolute atomic E-state index is 12.3. The second kappa shape index (κ2) is 7.17. The zero-order chi connectivity index (χ0) is 15.2. The van der Waals surface area contributed by atoms with Crippen LogP contribution in [0.25, 0.3) is 0 Å². The molecule has 0 saturated heterocycles. The SMILES string of the molecule is CCCNc1ccc(C(=O)N(C)Cc2csc(C)n2)nc1. The Morgan fingerprint density at radius 3 is 2.81 bits per heavy atom. The van der Waals surface area contributed by atoms with E-state index in [2.05, 4.69) is 22.2 Å². The van der Waals surface area contributed by atoms with Crippen molar-refractivity contribution >= 4 is 22.9 Å². The van der Waals surface area contributed by atoms with Crippen LogP contribution < -0.4 is 5.32 Å². The summed E-state index contributed by atoms with van der Waals surface area (Å²) < 4.78 is 0. The highest BCUT2D eigenvalue weighted by Gasteiger charge is 2.14. The van der Waals surface area contributed by atoms with Gasteiger partial charge in [-0.15, -0.1) is 11.3 Å². The van der Waals surface area contributed by atoms with E-state index in [1.807, 2.05) is 18.4 Å². The molecule has 112 valence electrons. The Balaban J connectivity index is 1.98. The number of amides is 1. The second-order valence-corrected chi connectivity index (χ2v) is 5.94. The summed E-state index contributed by atoms with van der Waals surface area (Å²) in [7, 11) is 1.77. The lowest BCUT2D eigenvalue weighted by Crippen LogP contribution is -2.27. The number of nitrogens with one attached hydrogen (secondary N) is 1. The predicted molar refractivity (Wildman–Crippen MR) is 85.7 cm³/mol. The van der Waals surface area contributed by atoms with Crippen molar-refractivity contribution < 1.29 is 4.79 Å². The van der Waals surface area contributed by atoms with Crippen LogP contribution in [0.15, 0.2) is 23.7 Å². The van der Waals surface area contributed by atoms with Crippen molar-refractivity contribution in [3.8, 4) is 0 Å². The largest absolute Gasteiger partial charge is 0.384 e. The molecule has 0 aliphatic carbocycles. The molecule has 0 radical (unpaired) electrons. The van der Waals surface area contributed by atoms with E-state index in [1.165, 1.54) is 0 Å². The van der Waals surface area contributed by atoms with Crippen molar-refractivity contribution in [2.75, 3.05) is 18.9 Å². The highest BCUT2D eigenvalue weighted by atomic mass is 32.1. The first-order chi connectivity index (χ1) is 10.1. The van der Waals surface area contributed by atoms with Crippen LogP contribution in [0.1, 0.15) is 34.5 Å². The van der Waals surface area contributed by atoms with Gasteiger partial charge in [0.2, 0.25) is 0 Å². The van der Waals surface area contributed by atoms with Crippen molar-refractivity contribution in [2.45, 2.75) is 26.8 Å². The maximum atomic E-state index is 12.3. The molecule has 0 bridgehead atoms. The van der Waals surface area contributed by atoms with Crippen LogP contribution in [0.3, 0.4) is 0 Å². The Morgan fingerprint density at radius 2 is 2.24 bits per heavy atom. The fourth-order valence-electron chi connectivity index (χ4n) is 1.89. The van der Waals surface area contributed by atoms with Gasteiger partial charge in [-0.05, 0) is 25.5 Å². The summed E-state index contributed by atoms with van der Waals surface area (Å²) in [5.41, 5.74) is 2.30. The van der Waals surface area contributed by atoms with Crippen LogP contribution in [-0.4, -0.2) is 34.4 Å². The lowest BCUT2D eigenvalue weighted by atomic mass is 10.3. The molecule has 0 unspecified atom stereocenters. The van der Waals surface area contributed by atoms with Crippen molar-refractivity contribution in [1.82, 2.24) is 14.9 Å². The molecular weight excluding hydrogens is 284 g/mol. The second-order valence-electron chi connectivity index (χ2n) is 4.88. The number of anilines is 1. The fourth-order valence-corrected chi connectivity index (χ4v) is 2.49. The van der Waals surface area contributed by atoms with E-state index in [9.17, 15) is 4.79 Å². The number of carbonyl (C=O) groups excluding carboxylic acids is 1. The molecule has 0 aromatic carbocycles. The molecule has 0 fully saturated rings. The summed E-state index contributed by atoms with van der Waals surface area (Å²) in [6.45, 7) is 5.46. The topological polar surface area (TPSA) is 58.1 Å². The average Bonchev–Trinajstić information content (AvgIpc) is 2.90. The van der Waals surface area contributed by atoms with Crippen LogP contribution in [0.2, 0.25) is 0 Å². The van der Waals surface area contributed by atoms with Crippen LogP contribution in [0, 0.1) is 6.92 Å². The lowest BCUT2D eigenvalue weighted by molar-refractivity contribution is 0.0778. The summed E-state index contributed by atoms with van der Waals surface area (Å²) in [6, 6.07) is 3.64. The van der Waals surface area contributed by atoms with Gasteiger partial charge in [-0.3, -0.25) is 4.79 Å². The van der Waals surface area contributed by atoms with E-state index in [-0.39, 0.29) is 5.91 Å². The highest BCUT2D eigenvalue weighted by molar-refractivity contribution is 7.09. The number of nitrogens with zero attached hydrogens (tertiary/aromatic N) is 3. The Morgan fingerprint density at radius 1 is 1.43 bits per heavy atom. The van der Waals surface area contributed by atoms with Gasteiger partial charge >= 0.3 is 0 Å². The Labute approximate surface area is 129 Å². The van der Waals surface area contributed by atoms with Gasteiger partial charge in [-0.25, -0.2) is 9.97 Å². The first-order valence-corrected chi connectivity index (χ1v) is 7.84. The van der Waals surface area contributed by atoms with Gasteiger partial charge in [-0.2, -0.15) is 0 Å². The minimum Gasteiger partial charge on any atom is -0.384 e. The number of thiazole rings is 1. The first kappa shape index (κ1) is 15.4. The summed E-state index contributed by atoms with van der Waals surface area (Å²) in [4.78, 5) is 22.5. The molecule has 1 amide bonds. The van der Waals surface area contributed by atoms with Crippen LogP contribution in [0.5, 0.6) is 0 Å². The summed E-state index contributed by atoms with van der Waals surface area (Å²) >= 11 is 1.59. The molecule has 5 nitrogen and oxygen atoms in total. The molecular formula is C15H20N4OS. The molecule has 2 aromatic heterocycles. The predicted octanol–water partition coefficient (Wildman–Crippen LogP) is 2.94. The highest BCUT2D eigenvalue weighted by Crippen LogP contribution is 2.12. The molecule has 1 N–H and O–H groups in total. The van der Waals surface area contributed by atoms with E-state index in [0.717, 1.165) is 29.4 Å². The molecule has 0 spiro atoms. The third-order valence-corrected chi connectivity index (χ3v) is 3.80. The quantitative estimate of drug-likeness (QED) is 0.891. The zero-order valence-electron chi connectivity index (χ0n) is 12.6. The minimum atomic E-state index is -0.0947. The minimum absolute atomic E-state index is 0.0947. The molecule has 21 heavy (non-hydrogen) atoms. The average molecular weight is 304 g/mol. The number of aryl methyl sites for hydroxylation is 1. The Hall–Kier alpha value is -1.95. The third-order valence-electron chi connectivity index (χ3n) is 2.97. The van der Waals surface area contributed by atoms with E-state index in [0.29, 0.717) is 12.2 Å². The number of aromatic nitrogens is 2. The molecule has 0 aliphatic rings. The third kappa shape index (κ3) is 4.26. The smallest absolute Gasteiger partial charge is 0.272 e. The van der Waals surface area contributed by atoms with E-state index in [4.69, 9.17) is 0 Å². The Bertz CT molecular complexity index is 594. The van der Waals surface area contributed by atoms with Crippen LogP contribution in [0.4, 0.5) is 5.69 Å². The number of carbonyl (C=O) groups is 1. The standard InChI is InChI=1S/C15H20N4OS/c1-4-7-16-12-5-6-14(17-8-12)15(20)19(3)9-13-10-21-11(2)18-13/h5-6,8,10,16H,4,7,9H2,1-3H3. The molecule has 0 aliphatic heterocycles. The number of hydrogen-bond acceptors (Lipinski definition) is 5. The molecule has 0 saturated carbocycles. The molecule has 6 heteroatoms. The zero-order valence-corrected chi connectivity index (χ0v) is 13.4. The van der Waals surface area contributed by atoms with Gasteiger partial charge in [0.25, 0.3) is 5.91 Å². The van der Waals surface area contributed by atoms with Crippen molar-refractivity contribution in [3.05, 3.63) is 40.1 Å². The summed E-state index contributed by atoms with van der Waals surface area (Å²) in [6.07, 6.45) is 2.75. The van der Waals surface area contributed by atoms with Gasteiger partial charge in [0, 0.05) is 19.0 Å². The van der Waals surface area contributed by atoms with Crippen LogP contribution >= 0.6 is 11.3 Å². The monoisotopic (exact) mass is 304 g/mol. The molecule has 2 heterocycles. The molecule has 2 rings (SSSR count). The van der Waals surface area contributed by atoms with Gasteiger partial charge < -0.3 is 10.2 Å². The summed E-state index contributed by atoms with van der Waals surface area (Å²) in [5.74, 6) is -0.0947. The maximum Gasteiger partial charge on any atom is 0.272 e. The summed E-state index contributed by atoms with van der Waals surface area (Å²) in [5, 5.41) is 6.22. The number of rotatable bonds is 6. The molecule has 0 atom stereocenters. The van der Waals surface area contributed by atoms with E-state index >= 15 is 0 Å². The van der Waals surface area contributed by atoms with Gasteiger partial charge in [0.1, 0.15) is 5.69 Å². The van der Waals surface area contributed by atoms with Crippen molar-refractivity contribution in [3.63, 3.8) is 0 Å². The van der Waals surface area contributed by atoms with Gasteiger partial charge in [-0.1, -0.05) is 6.92 Å². The number of pyridine rings is 1. The fraction of sp³-hybridized carbons (Fsp3) is 0.400. The normalized spacial score (nSPS) is 10.4. The van der Waals surface area contributed by atoms with Gasteiger partial charge in [0.05, 0.1) is 29.1 Å². The Kier molecular flexibility index (Phi) is 5.27. The van der Waals surface area contributed by atoms with Gasteiger partial charge in [0.15, 0.2) is 0 Å². The van der Waals surface area contributed by atoms with Crippen molar-refractivity contribution in [1.29, 1.82) is 0 Å².